The number of hydrogen-bond donors (Lipinski definition) is 2. The molecule has 0 saturated carbocycles. The van der Waals surface area contributed by atoms with Gasteiger partial charge in [-0.3, -0.25) is 0 Å². The largest absolute Gasteiger partial charge is 0.692 e. The fourth-order valence-corrected chi connectivity index (χ4v) is 0. The maximum atomic E-state index is 9.73. The van der Waals surface area contributed by atoms with E-state index in [4.69, 9.17) is 14.4 Å². The molecule has 0 unspecified atom stereocenters. The minimum atomic E-state index is -4.12. The minimum Gasteiger partial charge on any atom is -0.152 e. The lowest BCUT2D eigenvalue weighted by Crippen LogP contribution is -1.38. The van der Waals surface area contributed by atoms with Crippen LogP contribution in [0.2, 0.25) is 0 Å². The second-order valence-electron chi connectivity index (χ2n) is 0.444. The Balaban J connectivity index is -0.0000000720. The Labute approximate surface area is 57.4 Å². The molecule has 0 aliphatic heterocycles. The molecule has 0 bridgehead atoms. The summed E-state index contributed by atoms with van der Waals surface area (Å²) in [7, 11) is -6.99. The summed E-state index contributed by atoms with van der Waals surface area (Å²) in [6.07, 6.45) is 0. The standard InChI is InChI=1S/ClH.F3P.HO3P/c;2*1-4(2)3/h1H;;(H-,1,2,3)/p+1. The van der Waals surface area contributed by atoms with Crippen molar-refractivity contribution in [1.29, 1.82) is 0 Å². The Morgan fingerprint density at radius 1 is 1.22 bits per heavy atom. The molecule has 0 heterocycles. The zero-order chi connectivity index (χ0) is 7.15. The van der Waals surface area contributed by atoms with Crippen LogP contribution in [-0.2, 0) is 4.57 Å². The first-order chi connectivity index (χ1) is 3.46. The zero-order valence-corrected chi connectivity index (χ0v) is 6.34. The van der Waals surface area contributed by atoms with Gasteiger partial charge in [0, 0.05) is 4.57 Å². The van der Waals surface area contributed by atoms with Crippen molar-refractivity contribution in [3.05, 3.63) is 0 Å². The third kappa shape index (κ3) is 1290. The van der Waals surface area contributed by atoms with Gasteiger partial charge < -0.3 is 0 Å². The number of rotatable bonds is 0. The van der Waals surface area contributed by atoms with E-state index in [9.17, 15) is 12.6 Å². The first kappa shape index (κ1) is 16.3. The highest BCUT2D eigenvalue weighted by molar-refractivity contribution is 7.40. The van der Waals surface area contributed by atoms with E-state index >= 15 is 0 Å². The van der Waals surface area contributed by atoms with Gasteiger partial charge in [-0.05, 0) is 0 Å². The van der Waals surface area contributed by atoms with Gasteiger partial charge in [0.25, 0.3) is 0 Å². The molecule has 0 saturated heterocycles. The summed E-state index contributed by atoms with van der Waals surface area (Å²) >= 11 is 0. The van der Waals surface area contributed by atoms with Gasteiger partial charge in [-0.2, -0.15) is 12.6 Å². The number of hydrogen-bond acceptors (Lipinski definition) is 1. The van der Waals surface area contributed by atoms with Crippen LogP contribution < -0.4 is 0 Å². The van der Waals surface area contributed by atoms with Crippen LogP contribution in [0.4, 0.5) is 12.6 Å². The van der Waals surface area contributed by atoms with Crippen molar-refractivity contribution in [3.8, 4) is 0 Å². The molecule has 0 amide bonds. The quantitative estimate of drug-likeness (QED) is 0.596. The van der Waals surface area contributed by atoms with Gasteiger partial charge in [-0.15, -0.1) is 22.2 Å². The Kier molecular flexibility index (Phi) is 20.5. The lowest BCUT2D eigenvalue weighted by molar-refractivity contribution is 0.405. The Bertz CT molecular complexity index is 61.3. The highest BCUT2D eigenvalue weighted by Crippen LogP contribution is 2.39. The Morgan fingerprint density at radius 2 is 1.22 bits per heavy atom. The molecule has 0 aliphatic rings. The van der Waals surface area contributed by atoms with E-state index in [-0.39, 0.29) is 12.4 Å². The molecule has 0 atom stereocenters. The lowest BCUT2D eigenvalue weighted by Gasteiger charge is -1.61. The molecule has 58 valence electrons. The second-order valence-corrected chi connectivity index (χ2v) is 1.33. The summed E-state index contributed by atoms with van der Waals surface area (Å²) in [5.41, 5.74) is 0. The first-order valence-corrected chi connectivity index (χ1v) is 3.27. The van der Waals surface area contributed by atoms with E-state index in [2.05, 4.69) is 0 Å². The van der Waals surface area contributed by atoms with Crippen molar-refractivity contribution in [2.75, 3.05) is 0 Å². The maximum Gasteiger partial charge on any atom is 0.692 e. The van der Waals surface area contributed by atoms with Crippen molar-refractivity contribution < 1.29 is 26.9 Å². The lowest BCUT2D eigenvalue weighted by atomic mass is 15.8. The molecule has 0 rings (SSSR count). The van der Waals surface area contributed by atoms with Gasteiger partial charge in [0.2, 0.25) is 0 Å². The summed E-state index contributed by atoms with van der Waals surface area (Å²) in [4.78, 5) is 14.2. The molecule has 0 aromatic heterocycles. The van der Waals surface area contributed by atoms with Crippen molar-refractivity contribution in [2.24, 2.45) is 0 Å². The summed E-state index contributed by atoms with van der Waals surface area (Å²) in [5, 5.41) is 0. The predicted octanol–water partition coefficient (Wildman–Crippen LogP) is 2.17. The third-order valence-electron chi connectivity index (χ3n) is 0. The van der Waals surface area contributed by atoms with E-state index in [1.54, 1.807) is 0 Å². The van der Waals surface area contributed by atoms with Crippen LogP contribution in [0.15, 0.2) is 0 Å². The molecule has 2 N–H and O–H groups in total. The summed E-state index contributed by atoms with van der Waals surface area (Å²) in [6.45, 7) is 0. The van der Waals surface area contributed by atoms with Gasteiger partial charge in [0.1, 0.15) is 0 Å². The topological polar surface area (TPSA) is 57.5 Å². The van der Waals surface area contributed by atoms with Crippen LogP contribution in [-0.4, -0.2) is 9.79 Å². The van der Waals surface area contributed by atoms with Crippen molar-refractivity contribution in [1.82, 2.24) is 0 Å². The summed E-state index contributed by atoms with van der Waals surface area (Å²) in [6, 6.07) is 0. The third-order valence-corrected chi connectivity index (χ3v) is 0. The fourth-order valence-electron chi connectivity index (χ4n) is 0. The molecular formula is H3ClF3O3P2+. The van der Waals surface area contributed by atoms with E-state index in [0.717, 1.165) is 0 Å². The smallest absolute Gasteiger partial charge is 0.152 e. The highest BCUT2D eigenvalue weighted by atomic mass is 35.5. The molecule has 0 aromatic carbocycles. The molecule has 0 spiro atoms. The Morgan fingerprint density at radius 3 is 1.22 bits per heavy atom. The van der Waals surface area contributed by atoms with E-state index in [1.165, 1.54) is 0 Å². The van der Waals surface area contributed by atoms with Crippen LogP contribution in [0.3, 0.4) is 0 Å². The van der Waals surface area contributed by atoms with Crippen molar-refractivity contribution in [3.63, 3.8) is 0 Å². The van der Waals surface area contributed by atoms with E-state index < -0.39 is 17.1 Å². The van der Waals surface area contributed by atoms with Gasteiger partial charge in [-0.25, -0.2) is 0 Å². The molecule has 0 radical (unpaired) electrons. The molecule has 0 aromatic rings. The SMILES string of the molecule is Cl.FP(F)F.O=[P+](O)O. The molecule has 0 fully saturated rings. The van der Waals surface area contributed by atoms with Crippen molar-refractivity contribution >= 4 is 29.5 Å². The number of halogens is 4. The van der Waals surface area contributed by atoms with Crippen molar-refractivity contribution in [2.45, 2.75) is 0 Å². The van der Waals surface area contributed by atoms with E-state index in [0.29, 0.717) is 0 Å². The monoisotopic (exact) mass is 205 g/mol. The average Bonchev–Trinajstić information content (AvgIpc) is 1.25. The molecule has 0 aliphatic carbocycles. The molecular weight excluding hydrogens is 202 g/mol. The maximum absolute atomic E-state index is 9.73. The zero-order valence-electron chi connectivity index (χ0n) is 3.74. The van der Waals surface area contributed by atoms with Gasteiger partial charge in [-0.1, -0.05) is 0 Å². The summed E-state index contributed by atoms with van der Waals surface area (Å²) in [5.74, 6) is 0. The van der Waals surface area contributed by atoms with Crippen LogP contribution in [0, 0.1) is 0 Å². The van der Waals surface area contributed by atoms with Gasteiger partial charge >= 0.3 is 17.1 Å². The predicted molar refractivity (Wildman–Crippen MR) is 29.5 cm³/mol. The van der Waals surface area contributed by atoms with Crippen LogP contribution in [0.5, 0.6) is 0 Å². The van der Waals surface area contributed by atoms with Crippen LogP contribution >= 0.6 is 29.5 Å². The Hall–Kier alpha value is 0.530. The summed E-state index contributed by atoms with van der Waals surface area (Å²) < 4.78 is 37.9. The molecule has 9 heavy (non-hydrogen) atoms. The molecule has 3 nitrogen and oxygen atoms in total. The second kappa shape index (κ2) is 11.3. The normalized spacial score (nSPS) is 6.89. The minimum absolute atomic E-state index is 0. The van der Waals surface area contributed by atoms with E-state index in [1.807, 2.05) is 0 Å². The first-order valence-electron chi connectivity index (χ1n) is 1.09. The van der Waals surface area contributed by atoms with Gasteiger partial charge in [0.15, 0.2) is 0 Å². The van der Waals surface area contributed by atoms with Gasteiger partial charge in [0.05, 0.1) is 0 Å². The molecule has 9 heteroatoms. The van der Waals surface area contributed by atoms with Crippen LogP contribution in [0.25, 0.3) is 0 Å². The fraction of sp³-hybridized carbons (Fsp3) is 0. The average molecular weight is 205 g/mol. The van der Waals surface area contributed by atoms with Crippen LogP contribution in [0.1, 0.15) is 0 Å². The highest BCUT2D eigenvalue weighted by Gasteiger charge is 1.93.